The third kappa shape index (κ3) is 8.55. The van der Waals surface area contributed by atoms with Gasteiger partial charge in [0.15, 0.2) is 0 Å². The summed E-state index contributed by atoms with van der Waals surface area (Å²) < 4.78 is 5.40. The number of aliphatic carboxylic acids is 1. The molecule has 0 radical (unpaired) electrons. The second kappa shape index (κ2) is 15.4. The third-order valence-electron chi connectivity index (χ3n) is 8.28. The van der Waals surface area contributed by atoms with E-state index in [1.54, 1.807) is 36.4 Å². The first-order valence-electron chi connectivity index (χ1n) is 15.5. The van der Waals surface area contributed by atoms with Crippen molar-refractivity contribution in [2.45, 2.75) is 32.0 Å². The van der Waals surface area contributed by atoms with E-state index in [0.29, 0.717) is 74.3 Å². The van der Waals surface area contributed by atoms with E-state index in [4.69, 9.17) is 16.3 Å². The minimum atomic E-state index is -1.23. The van der Waals surface area contributed by atoms with Gasteiger partial charge in [-0.3, -0.25) is 14.9 Å². The van der Waals surface area contributed by atoms with Gasteiger partial charge in [0.2, 0.25) is 0 Å². The fourth-order valence-corrected chi connectivity index (χ4v) is 5.95. The maximum Gasteiger partial charge on any atom is 0.320 e. The first-order chi connectivity index (χ1) is 22.2. The van der Waals surface area contributed by atoms with Crippen molar-refractivity contribution in [1.82, 2.24) is 15.1 Å². The number of aliphatic hydroxyl groups excluding tert-OH is 1. The normalized spacial score (nSPS) is 16.8. The van der Waals surface area contributed by atoms with E-state index in [1.165, 1.54) is 0 Å². The summed E-state index contributed by atoms with van der Waals surface area (Å²) in [5.41, 5.74) is 3.82. The van der Waals surface area contributed by atoms with Gasteiger partial charge in [-0.1, -0.05) is 53.6 Å². The summed E-state index contributed by atoms with van der Waals surface area (Å²) in [5.74, 6) is -1.37. The average Bonchev–Trinajstić information content (AvgIpc) is 3.31. The number of rotatable bonds is 9. The largest absolute Gasteiger partial charge is 0.481 e. The number of carbonyl (C=O) groups is 3. The third-order valence-corrected chi connectivity index (χ3v) is 8.51. The molecule has 46 heavy (non-hydrogen) atoms. The van der Waals surface area contributed by atoms with Crippen LogP contribution in [-0.4, -0.2) is 90.4 Å². The minimum absolute atomic E-state index is 0.00803. The average molecular weight is 650 g/mol. The highest BCUT2D eigenvalue weighted by atomic mass is 35.5. The van der Waals surface area contributed by atoms with E-state index in [2.05, 4.69) is 15.5 Å². The molecule has 0 aromatic heterocycles. The van der Waals surface area contributed by atoms with Crippen LogP contribution in [0.5, 0.6) is 0 Å². The number of carboxylic acids is 1. The quantitative estimate of drug-likeness (QED) is 0.246. The fourth-order valence-electron chi connectivity index (χ4n) is 5.76. The van der Waals surface area contributed by atoms with Gasteiger partial charge in [0.1, 0.15) is 6.23 Å². The lowest BCUT2D eigenvalue weighted by molar-refractivity contribution is -0.137. The Labute approximate surface area is 273 Å². The number of benzene rings is 3. The predicted molar refractivity (Wildman–Crippen MR) is 176 cm³/mol. The van der Waals surface area contributed by atoms with E-state index in [1.807, 2.05) is 47.1 Å². The molecule has 2 unspecified atom stereocenters. The number of aryl methyl sites for hydroxylation is 1. The van der Waals surface area contributed by atoms with Crippen molar-refractivity contribution in [2.75, 3.05) is 62.7 Å². The van der Waals surface area contributed by atoms with Crippen molar-refractivity contribution < 1.29 is 29.3 Å². The molecule has 244 valence electrons. The standard InChI is InChI=1S/C34H40ClN5O6/c1-23-6-8-24(9-7-23)28(22-31(41)42)36-33(44)26-10-11-30(29(21-26)37-32(43)25-4-2-5-27(35)20-25)38-12-3-13-39(15-14-38)34(45)40-16-18-46-19-17-40/h2,4-11,20-21,28,33,36,44H,3,12-19,22H2,1H3,(H,37,43)(H,41,42). The molecule has 2 saturated heterocycles. The number of ether oxygens (including phenoxy) is 1. The van der Waals surface area contributed by atoms with Crippen LogP contribution in [0.3, 0.4) is 0 Å². The number of anilines is 2. The summed E-state index contributed by atoms with van der Waals surface area (Å²) in [6, 6.07) is 18.8. The molecule has 2 atom stereocenters. The zero-order chi connectivity index (χ0) is 32.6. The number of carbonyl (C=O) groups excluding carboxylic acids is 2. The molecule has 0 aliphatic carbocycles. The molecule has 2 fully saturated rings. The van der Waals surface area contributed by atoms with Gasteiger partial charge >= 0.3 is 12.0 Å². The maximum atomic E-state index is 13.4. The number of morpholine rings is 1. The monoisotopic (exact) mass is 649 g/mol. The molecule has 11 nitrogen and oxygen atoms in total. The van der Waals surface area contributed by atoms with Gasteiger partial charge in [0, 0.05) is 55.9 Å². The number of hydrogen-bond donors (Lipinski definition) is 4. The summed E-state index contributed by atoms with van der Waals surface area (Å²) in [5, 5.41) is 27.3. The van der Waals surface area contributed by atoms with E-state index in [9.17, 15) is 24.6 Å². The van der Waals surface area contributed by atoms with Crippen molar-refractivity contribution in [3.05, 3.63) is 94.0 Å². The van der Waals surface area contributed by atoms with Crippen molar-refractivity contribution in [3.63, 3.8) is 0 Å². The van der Waals surface area contributed by atoms with Crippen LogP contribution in [0, 0.1) is 6.92 Å². The Hall–Kier alpha value is -4.16. The van der Waals surface area contributed by atoms with Crippen LogP contribution >= 0.6 is 11.6 Å². The summed E-state index contributed by atoms with van der Waals surface area (Å²) in [7, 11) is 0. The van der Waals surface area contributed by atoms with Gasteiger partial charge in [0.05, 0.1) is 31.0 Å². The fraction of sp³-hybridized carbons (Fsp3) is 0.382. The molecule has 0 saturated carbocycles. The molecule has 0 bridgehead atoms. The van der Waals surface area contributed by atoms with Crippen molar-refractivity contribution in [1.29, 1.82) is 0 Å². The van der Waals surface area contributed by atoms with Gasteiger partial charge in [0.25, 0.3) is 5.91 Å². The molecule has 3 amide bonds. The molecular formula is C34H40ClN5O6. The highest BCUT2D eigenvalue weighted by Crippen LogP contribution is 2.32. The first-order valence-corrected chi connectivity index (χ1v) is 15.9. The number of amides is 3. The number of urea groups is 1. The number of halogens is 1. The topological polar surface area (TPSA) is 135 Å². The highest BCUT2D eigenvalue weighted by Gasteiger charge is 2.27. The number of nitrogens with zero attached hydrogens (tertiary/aromatic N) is 3. The molecule has 2 aliphatic rings. The zero-order valence-electron chi connectivity index (χ0n) is 25.8. The number of aliphatic hydroxyl groups is 1. The van der Waals surface area contributed by atoms with Gasteiger partial charge in [-0.05, 0) is 54.8 Å². The molecule has 2 heterocycles. The molecule has 5 rings (SSSR count). The van der Waals surface area contributed by atoms with Crippen LogP contribution in [-0.2, 0) is 9.53 Å². The summed E-state index contributed by atoms with van der Waals surface area (Å²) in [6.07, 6.45) is -0.728. The Balaban J connectivity index is 1.39. The molecular weight excluding hydrogens is 610 g/mol. The molecule has 2 aliphatic heterocycles. The van der Waals surface area contributed by atoms with Gasteiger partial charge < -0.3 is 35.0 Å². The minimum Gasteiger partial charge on any atom is -0.481 e. The number of carboxylic acid groups (broad SMARTS) is 1. The number of nitrogens with one attached hydrogen (secondary N) is 2. The van der Waals surface area contributed by atoms with Gasteiger partial charge in [-0.15, -0.1) is 0 Å². The van der Waals surface area contributed by atoms with Crippen LogP contribution in [0.25, 0.3) is 0 Å². The second-order valence-electron chi connectivity index (χ2n) is 11.6. The molecule has 12 heteroatoms. The SMILES string of the molecule is Cc1ccc(C(CC(=O)O)NC(O)c2ccc(N3CCCN(C(=O)N4CCOCC4)CC3)c(NC(=O)c3cccc(Cl)c3)c2)cc1. The van der Waals surface area contributed by atoms with Crippen LogP contribution < -0.4 is 15.5 Å². The molecule has 0 spiro atoms. The lowest BCUT2D eigenvalue weighted by Gasteiger charge is -2.32. The van der Waals surface area contributed by atoms with E-state index >= 15 is 0 Å². The van der Waals surface area contributed by atoms with E-state index in [-0.39, 0.29) is 18.4 Å². The lowest BCUT2D eigenvalue weighted by Crippen LogP contribution is -2.49. The van der Waals surface area contributed by atoms with Crippen molar-refractivity contribution >= 4 is 40.9 Å². The summed E-state index contributed by atoms with van der Waals surface area (Å²) in [6.45, 7) is 6.50. The highest BCUT2D eigenvalue weighted by molar-refractivity contribution is 6.31. The predicted octanol–water partition coefficient (Wildman–Crippen LogP) is 4.66. The maximum absolute atomic E-state index is 13.4. The zero-order valence-corrected chi connectivity index (χ0v) is 26.6. The van der Waals surface area contributed by atoms with Crippen molar-refractivity contribution in [3.8, 4) is 0 Å². The first kappa shape index (κ1) is 33.2. The van der Waals surface area contributed by atoms with Crippen LogP contribution in [0.1, 0.15) is 52.2 Å². The van der Waals surface area contributed by atoms with Gasteiger partial charge in [-0.25, -0.2) is 4.79 Å². The second-order valence-corrected chi connectivity index (χ2v) is 12.0. The molecule has 3 aromatic rings. The van der Waals surface area contributed by atoms with Gasteiger partial charge in [-0.2, -0.15) is 0 Å². The smallest absolute Gasteiger partial charge is 0.320 e. The van der Waals surface area contributed by atoms with Crippen LogP contribution in [0.2, 0.25) is 5.02 Å². The van der Waals surface area contributed by atoms with Crippen LogP contribution in [0.15, 0.2) is 66.7 Å². The van der Waals surface area contributed by atoms with E-state index in [0.717, 1.165) is 23.2 Å². The van der Waals surface area contributed by atoms with Crippen molar-refractivity contribution in [2.24, 2.45) is 0 Å². The lowest BCUT2D eigenvalue weighted by atomic mass is 10.0. The van der Waals surface area contributed by atoms with Crippen LogP contribution in [0.4, 0.5) is 16.2 Å². The Morgan fingerprint density at radius 1 is 0.891 bits per heavy atom. The molecule has 4 N–H and O–H groups in total. The van der Waals surface area contributed by atoms with E-state index < -0.39 is 18.2 Å². The number of hydrogen-bond acceptors (Lipinski definition) is 7. The Morgan fingerprint density at radius 2 is 1.61 bits per heavy atom. The Morgan fingerprint density at radius 3 is 2.33 bits per heavy atom. The molecule has 3 aromatic carbocycles. The Kier molecular flexibility index (Phi) is 11.1. The Bertz CT molecular complexity index is 1530. The summed E-state index contributed by atoms with van der Waals surface area (Å²) >= 11 is 6.15. The summed E-state index contributed by atoms with van der Waals surface area (Å²) in [4.78, 5) is 44.1.